The van der Waals surface area contributed by atoms with Crippen LogP contribution in [0.3, 0.4) is 0 Å². The van der Waals surface area contributed by atoms with E-state index >= 15 is 0 Å². The normalized spacial score (nSPS) is 12.2. The van der Waals surface area contributed by atoms with Crippen molar-refractivity contribution in [3.8, 4) is 0 Å². The number of amides is 1. The molecule has 0 radical (unpaired) electrons. The van der Waals surface area contributed by atoms with Crippen LogP contribution in [0.1, 0.15) is 17.3 Å². The Kier molecular flexibility index (Phi) is 4.34. The van der Waals surface area contributed by atoms with Crippen LogP contribution in [-0.4, -0.2) is 32.7 Å². The topological polar surface area (TPSA) is 81.6 Å². The second kappa shape index (κ2) is 5.54. The smallest absolute Gasteiger partial charge is 0.250 e. The summed E-state index contributed by atoms with van der Waals surface area (Å²) in [5, 5.41) is 0. The fourth-order valence-electron chi connectivity index (χ4n) is 1.58. The summed E-state index contributed by atoms with van der Waals surface area (Å²) in [6.45, 7) is 2.64. The van der Waals surface area contributed by atoms with Crippen LogP contribution in [0.4, 0.5) is 11.4 Å². The van der Waals surface area contributed by atoms with E-state index in [2.05, 4.69) is 0 Å². The van der Waals surface area contributed by atoms with Crippen molar-refractivity contribution in [3.05, 3.63) is 23.8 Å². The van der Waals surface area contributed by atoms with Gasteiger partial charge < -0.3 is 21.1 Å². The number of hydrogen-bond acceptors (Lipinski definition) is 4. The number of carbonyl (C=O) groups is 1. The number of rotatable bonds is 5. The first-order valence-corrected chi connectivity index (χ1v) is 5.38. The molecule has 5 heteroatoms. The highest BCUT2D eigenvalue weighted by atomic mass is 16.5. The van der Waals surface area contributed by atoms with Gasteiger partial charge in [0.2, 0.25) is 0 Å². The van der Waals surface area contributed by atoms with Crippen molar-refractivity contribution in [2.45, 2.75) is 13.0 Å². The SMILES string of the molecule is COCC(C)N(C)c1ccc(N)c(C(N)=O)c1. The molecule has 0 aromatic heterocycles. The number of carbonyl (C=O) groups excluding carboxylic acids is 1. The second-order valence-corrected chi connectivity index (χ2v) is 4.05. The van der Waals surface area contributed by atoms with Gasteiger partial charge in [-0.3, -0.25) is 4.79 Å². The minimum absolute atomic E-state index is 0.198. The highest BCUT2D eigenvalue weighted by Crippen LogP contribution is 2.21. The van der Waals surface area contributed by atoms with Gasteiger partial charge in [0.25, 0.3) is 5.91 Å². The average molecular weight is 237 g/mol. The summed E-state index contributed by atoms with van der Waals surface area (Å²) in [4.78, 5) is 13.2. The number of benzene rings is 1. The first kappa shape index (κ1) is 13.3. The molecule has 0 heterocycles. The van der Waals surface area contributed by atoms with E-state index in [1.54, 1.807) is 19.2 Å². The van der Waals surface area contributed by atoms with Crippen LogP contribution in [-0.2, 0) is 4.74 Å². The minimum atomic E-state index is -0.517. The molecule has 17 heavy (non-hydrogen) atoms. The van der Waals surface area contributed by atoms with E-state index in [1.807, 2.05) is 24.9 Å². The molecule has 1 amide bonds. The lowest BCUT2D eigenvalue weighted by Crippen LogP contribution is -2.32. The van der Waals surface area contributed by atoms with Crippen molar-refractivity contribution in [1.29, 1.82) is 0 Å². The van der Waals surface area contributed by atoms with E-state index in [0.717, 1.165) is 5.69 Å². The lowest BCUT2D eigenvalue weighted by Gasteiger charge is -2.27. The summed E-state index contributed by atoms with van der Waals surface area (Å²) in [5.74, 6) is -0.517. The number of nitrogen functional groups attached to an aromatic ring is 1. The van der Waals surface area contributed by atoms with Gasteiger partial charge in [-0.15, -0.1) is 0 Å². The van der Waals surface area contributed by atoms with Crippen molar-refractivity contribution < 1.29 is 9.53 Å². The van der Waals surface area contributed by atoms with Gasteiger partial charge in [-0.25, -0.2) is 0 Å². The molecule has 0 bridgehead atoms. The molecule has 94 valence electrons. The van der Waals surface area contributed by atoms with Gasteiger partial charge in [0.05, 0.1) is 12.2 Å². The van der Waals surface area contributed by atoms with Crippen LogP contribution >= 0.6 is 0 Å². The molecular weight excluding hydrogens is 218 g/mol. The summed E-state index contributed by atoms with van der Waals surface area (Å²) in [6, 6.07) is 5.44. The average Bonchev–Trinajstić information content (AvgIpc) is 2.28. The fourth-order valence-corrected chi connectivity index (χ4v) is 1.58. The standard InChI is InChI=1S/C12H19N3O2/c1-8(7-17-3)15(2)9-4-5-11(13)10(6-9)12(14)16/h4-6,8H,7,13H2,1-3H3,(H2,14,16). The van der Waals surface area contributed by atoms with E-state index in [-0.39, 0.29) is 6.04 Å². The van der Waals surface area contributed by atoms with Crippen LogP contribution in [0, 0.1) is 0 Å². The Morgan fingerprint density at radius 1 is 1.53 bits per heavy atom. The van der Waals surface area contributed by atoms with E-state index in [9.17, 15) is 4.79 Å². The van der Waals surface area contributed by atoms with Crippen molar-refractivity contribution in [3.63, 3.8) is 0 Å². The van der Waals surface area contributed by atoms with Gasteiger partial charge in [-0.05, 0) is 25.1 Å². The first-order chi connectivity index (χ1) is 7.97. The van der Waals surface area contributed by atoms with Crippen LogP contribution in [0.2, 0.25) is 0 Å². The molecule has 0 saturated heterocycles. The minimum Gasteiger partial charge on any atom is -0.398 e. The number of likely N-dealkylation sites (N-methyl/N-ethyl adjacent to an activating group) is 1. The summed E-state index contributed by atoms with van der Waals surface area (Å²) in [7, 11) is 3.59. The van der Waals surface area contributed by atoms with Gasteiger partial charge in [-0.2, -0.15) is 0 Å². The third-order valence-corrected chi connectivity index (χ3v) is 2.78. The van der Waals surface area contributed by atoms with Crippen molar-refractivity contribution >= 4 is 17.3 Å². The lowest BCUT2D eigenvalue weighted by molar-refractivity contribution is 0.100. The maximum atomic E-state index is 11.2. The summed E-state index contributed by atoms with van der Waals surface area (Å²) >= 11 is 0. The molecule has 0 aliphatic carbocycles. The maximum Gasteiger partial charge on any atom is 0.250 e. The third kappa shape index (κ3) is 3.10. The zero-order valence-electron chi connectivity index (χ0n) is 10.4. The highest BCUT2D eigenvalue weighted by Gasteiger charge is 2.13. The summed E-state index contributed by atoms with van der Waals surface area (Å²) < 4.78 is 5.09. The Labute approximate surface area is 101 Å². The number of hydrogen-bond donors (Lipinski definition) is 2. The maximum absolute atomic E-state index is 11.2. The summed E-state index contributed by atoms with van der Waals surface area (Å²) in [6.07, 6.45) is 0. The molecule has 5 nitrogen and oxygen atoms in total. The van der Waals surface area contributed by atoms with Gasteiger partial charge in [0.1, 0.15) is 0 Å². The van der Waals surface area contributed by atoms with Crippen LogP contribution in [0.25, 0.3) is 0 Å². The molecule has 1 atom stereocenters. The zero-order valence-corrected chi connectivity index (χ0v) is 10.4. The Hall–Kier alpha value is -1.75. The van der Waals surface area contributed by atoms with E-state index in [0.29, 0.717) is 17.9 Å². The second-order valence-electron chi connectivity index (χ2n) is 4.05. The molecule has 0 fully saturated rings. The molecule has 1 aromatic carbocycles. The molecule has 1 rings (SSSR count). The van der Waals surface area contributed by atoms with E-state index in [1.165, 1.54) is 0 Å². The predicted molar refractivity (Wildman–Crippen MR) is 69.1 cm³/mol. The number of anilines is 2. The van der Waals surface area contributed by atoms with Crippen molar-refractivity contribution in [1.82, 2.24) is 0 Å². The van der Waals surface area contributed by atoms with Crippen LogP contribution in [0.15, 0.2) is 18.2 Å². The number of ether oxygens (including phenoxy) is 1. The molecule has 1 unspecified atom stereocenters. The molecule has 4 N–H and O–H groups in total. The van der Waals surface area contributed by atoms with Crippen LogP contribution in [0.5, 0.6) is 0 Å². The van der Waals surface area contributed by atoms with Gasteiger partial charge in [-0.1, -0.05) is 0 Å². The molecule has 0 aliphatic heterocycles. The van der Waals surface area contributed by atoms with Gasteiger partial charge >= 0.3 is 0 Å². The largest absolute Gasteiger partial charge is 0.398 e. The number of nitrogens with zero attached hydrogens (tertiary/aromatic N) is 1. The number of methoxy groups -OCH3 is 1. The van der Waals surface area contributed by atoms with Gasteiger partial charge in [0.15, 0.2) is 0 Å². The monoisotopic (exact) mass is 237 g/mol. The Bertz CT molecular complexity index is 407. The molecule has 0 saturated carbocycles. The molecule has 1 aromatic rings. The van der Waals surface area contributed by atoms with E-state index < -0.39 is 5.91 Å². The lowest BCUT2D eigenvalue weighted by atomic mass is 10.1. The molecule has 0 spiro atoms. The Morgan fingerprint density at radius 3 is 2.71 bits per heavy atom. The molecule has 0 aliphatic rings. The number of primary amides is 1. The van der Waals surface area contributed by atoms with Crippen LogP contribution < -0.4 is 16.4 Å². The fraction of sp³-hybridized carbons (Fsp3) is 0.417. The highest BCUT2D eigenvalue weighted by molar-refractivity contribution is 5.99. The first-order valence-electron chi connectivity index (χ1n) is 5.38. The Morgan fingerprint density at radius 2 is 2.18 bits per heavy atom. The molecular formula is C12H19N3O2. The van der Waals surface area contributed by atoms with Gasteiger partial charge in [0, 0.05) is 31.6 Å². The zero-order chi connectivity index (χ0) is 13.0. The predicted octanol–water partition coefficient (Wildman–Crippen LogP) is 0.839. The quantitative estimate of drug-likeness (QED) is 0.743. The summed E-state index contributed by atoms with van der Waals surface area (Å²) in [5.41, 5.74) is 12.6. The third-order valence-electron chi connectivity index (χ3n) is 2.78. The van der Waals surface area contributed by atoms with E-state index in [4.69, 9.17) is 16.2 Å². The van der Waals surface area contributed by atoms with Crippen molar-refractivity contribution in [2.75, 3.05) is 31.4 Å². The Balaban J connectivity index is 2.99. The van der Waals surface area contributed by atoms with Crippen molar-refractivity contribution in [2.24, 2.45) is 5.73 Å². The number of nitrogens with two attached hydrogens (primary N) is 2.